The van der Waals surface area contributed by atoms with Crippen LogP contribution in [0.4, 0.5) is 32.0 Å². The summed E-state index contributed by atoms with van der Waals surface area (Å²) in [5, 5.41) is 10.5. The fraction of sp³-hybridized carbons (Fsp3) is 0.400. The van der Waals surface area contributed by atoms with Gasteiger partial charge in [-0.3, -0.25) is 19.0 Å². The Morgan fingerprint density at radius 3 is 2.36 bits per heavy atom. The summed E-state index contributed by atoms with van der Waals surface area (Å²) in [6, 6.07) is -0.506. The minimum Gasteiger partial charge on any atom is -0.365 e. The lowest BCUT2D eigenvalue weighted by molar-refractivity contribution is -0.142. The highest BCUT2D eigenvalue weighted by Crippen LogP contribution is 2.48. The van der Waals surface area contributed by atoms with E-state index in [2.05, 4.69) is 36.4 Å². The second-order valence-electron chi connectivity index (χ2n) is 9.82. The predicted octanol–water partition coefficient (Wildman–Crippen LogP) is 6.66. The number of fused-ring (bicyclic) bond motifs is 1. The van der Waals surface area contributed by atoms with Gasteiger partial charge in [0.05, 0.1) is 21.5 Å². The number of nitrogens with two attached hydrogens (primary N) is 1. The number of aromatic nitrogens is 5. The number of alkyl halides is 6. The van der Waals surface area contributed by atoms with Crippen LogP contribution in [0.25, 0.3) is 21.3 Å². The third kappa shape index (κ3) is 5.27. The third-order valence-corrected chi connectivity index (χ3v) is 8.73. The predicted molar refractivity (Wildman–Crippen MR) is 145 cm³/mol. The zero-order valence-electron chi connectivity index (χ0n) is 22.1. The Balaban J connectivity index is 1.67. The van der Waals surface area contributed by atoms with Crippen molar-refractivity contribution in [3.05, 3.63) is 44.4 Å². The van der Waals surface area contributed by atoms with E-state index in [1.165, 1.54) is 17.8 Å². The Labute approximate surface area is 246 Å². The number of rotatable bonds is 7. The summed E-state index contributed by atoms with van der Waals surface area (Å²) in [6.07, 6.45) is -6.88. The number of nitrogens with zero attached hydrogens (tertiary/aromatic N) is 5. The molecule has 4 heterocycles. The molecule has 1 atom stereocenters. The van der Waals surface area contributed by atoms with Crippen molar-refractivity contribution in [1.29, 1.82) is 0 Å². The number of amides is 2. The van der Waals surface area contributed by atoms with Gasteiger partial charge >= 0.3 is 12.4 Å². The summed E-state index contributed by atoms with van der Waals surface area (Å²) >= 11 is 3.55. The highest BCUT2D eigenvalue weighted by atomic mass is 79.9. The summed E-state index contributed by atoms with van der Waals surface area (Å²) in [4.78, 5) is 29.2. The number of hydrogen-bond donors (Lipinski definition) is 2. The Morgan fingerprint density at radius 1 is 1.17 bits per heavy atom. The molecule has 2 amide bonds. The second kappa shape index (κ2) is 10.4. The molecule has 9 nitrogen and oxygen atoms in total. The molecule has 1 aliphatic carbocycles. The van der Waals surface area contributed by atoms with E-state index in [0.29, 0.717) is 42.0 Å². The lowest BCUT2D eigenvalue weighted by Crippen LogP contribution is -2.27. The van der Waals surface area contributed by atoms with E-state index < -0.39 is 41.6 Å². The molecule has 0 radical (unpaired) electrons. The van der Waals surface area contributed by atoms with Crippen molar-refractivity contribution in [1.82, 2.24) is 24.5 Å². The number of nitrogens with one attached hydrogen (secondary N) is 1. The van der Waals surface area contributed by atoms with Gasteiger partial charge in [0.1, 0.15) is 21.4 Å². The number of carbonyl (C=O) groups excluding carboxylic acids is 2. The molecule has 4 aromatic rings. The van der Waals surface area contributed by atoms with Crippen LogP contribution in [0.1, 0.15) is 71.1 Å². The van der Waals surface area contributed by atoms with E-state index in [0.717, 1.165) is 10.7 Å². The third-order valence-electron chi connectivity index (χ3n) is 6.85. The number of thiophene rings is 1. The number of halogens is 7. The lowest BCUT2D eigenvalue weighted by Gasteiger charge is -2.17. The van der Waals surface area contributed by atoms with E-state index in [1.807, 2.05) is 0 Å². The van der Waals surface area contributed by atoms with Crippen LogP contribution in [0.3, 0.4) is 0 Å². The first-order chi connectivity index (χ1) is 19.5. The van der Waals surface area contributed by atoms with Crippen molar-refractivity contribution in [2.45, 2.75) is 64.5 Å². The maximum atomic E-state index is 13.8. The van der Waals surface area contributed by atoms with Crippen molar-refractivity contribution in [3.8, 4) is 11.1 Å². The average Bonchev–Trinajstić information content (AvgIpc) is 3.41. The van der Waals surface area contributed by atoms with Gasteiger partial charge in [-0.25, -0.2) is 4.98 Å². The first-order valence-corrected chi connectivity index (χ1v) is 14.2. The number of primary amides is 1. The number of hydrogen-bond acceptors (Lipinski definition) is 6. The zero-order chi connectivity index (χ0) is 30.9. The molecule has 0 spiro atoms. The molecule has 5 rings (SSSR count). The standard InChI is InChI=1S/C25H22BrF6N7O2S/c1-4-38-8-13(9(2)36-38)12-7-14(24(27,28)29)34-23-15(12)17(19(42-23)21(33)40)35-22(41)10(3)39-18(11-5-6-11)16(26)20(37-39)25(30,31)32/h7-8,10-11H,4-6H2,1-3H3,(H2,33,40)(H,35,41). The van der Waals surface area contributed by atoms with Crippen LogP contribution in [0.2, 0.25) is 0 Å². The van der Waals surface area contributed by atoms with Gasteiger partial charge in [0.15, 0.2) is 5.69 Å². The topological polar surface area (TPSA) is 121 Å². The quantitative estimate of drug-likeness (QED) is 0.212. The Morgan fingerprint density at radius 2 is 1.83 bits per heavy atom. The summed E-state index contributed by atoms with van der Waals surface area (Å²) in [6.45, 7) is 5.13. The van der Waals surface area contributed by atoms with Gasteiger partial charge in [-0.05, 0) is 61.2 Å². The smallest absolute Gasteiger partial charge is 0.365 e. The van der Waals surface area contributed by atoms with Crippen LogP contribution in [0.5, 0.6) is 0 Å². The van der Waals surface area contributed by atoms with Crippen LogP contribution < -0.4 is 11.1 Å². The molecule has 0 bridgehead atoms. The molecular weight excluding hydrogens is 656 g/mol. The van der Waals surface area contributed by atoms with Crippen LogP contribution in [-0.2, 0) is 23.7 Å². The summed E-state index contributed by atoms with van der Waals surface area (Å²) in [5.41, 5.74) is 3.83. The van der Waals surface area contributed by atoms with Crippen LogP contribution in [0, 0.1) is 6.92 Å². The van der Waals surface area contributed by atoms with Crippen molar-refractivity contribution in [2.75, 3.05) is 5.32 Å². The maximum absolute atomic E-state index is 13.8. The minimum absolute atomic E-state index is 0.00362. The highest BCUT2D eigenvalue weighted by molar-refractivity contribution is 9.10. The normalized spacial score (nSPS) is 14.9. The number of pyridine rings is 1. The van der Waals surface area contributed by atoms with Crippen molar-refractivity contribution in [2.24, 2.45) is 5.73 Å². The lowest BCUT2D eigenvalue weighted by atomic mass is 10.0. The van der Waals surface area contributed by atoms with Gasteiger partial charge < -0.3 is 11.1 Å². The van der Waals surface area contributed by atoms with Crippen molar-refractivity contribution < 1.29 is 35.9 Å². The van der Waals surface area contributed by atoms with Gasteiger partial charge in [-0.1, -0.05) is 0 Å². The highest BCUT2D eigenvalue weighted by Gasteiger charge is 2.43. The molecule has 42 heavy (non-hydrogen) atoms. The molecule has 1 saturated carbocycles. The van der Waals surface area contributed by atoms with Crippen LogP contribution in [0.15, 0.2) is 16.7 Å². The molecule has 1 aliphatic rings. The van der Waals surface area contributed by atoms with Crippen LogP contribution in [-0.4, -0.2) is 36.4 Å². The van der Waals surface area contributed by atoms with Gasteiger partial charge in [-0.2, -0.15) is 36.5 Å². The average molecular weight is 678 g/mol. The maximum Gasteiger partial charge on any atom is 0.436 e. The molecule has 1 unspecified atom stereocenters. The SMILES string of the molecule is CCn1cc(-c2cc(C(F)(F)F)nc3sc(C(N)=O)c(NC(=O)C(C)n4nc(C(F)(F)F)c(Br)c4C4CC4)c23)c(C)n1. The van der Waals surface area contributed by atoms with Crippen molar-refractivity contribution >= 4 is 55.0 Å². The molecule has 0 saturated heterocycles. The second-order valence-corrected chi connectivity index (χ2v) is 11.6. The van der Waals surface area contributed by atoms with Gasteiger partial charge in [0.2, 0.25) is 5.91 Å². The molecule has 4 aromatic heterocycles. The molecular formula is C25H22BrF6N7O2S. The molecule has 0 aromatic carbocycles. The Kier molecular flexibility index (Phi) is 7.40. The first kappa shape index (κ1) is 30.0. The van der Waals surface area contributed by atoms with Crippen LogP contribution >= 0.6 is 27.3 Å². The summed E-state index contributed by atoms with van der Waals surface area (Å²) in [7, 11) is 0. The monoisotopic (exact) mass is 677 g/mol. The fourth-order valence-corrected chi connectivity index (χ4v) is 6.48. The van der Waals surface area contributed by atoms with E-state index in [1.54, 1.807) is 13.8 Å². The minimum atomic E-state index is -4.84. The largest absolute Gasteiger partial charge is 0.436 e. The first-order valence-electron chi connectivity index (χ1n) is 12.6. The van der Waals surface area contributed by atoms with E-state index in [9.17, 15) is 35.9 Å². The van der Waals surface area contributed by atoms with Gasteiger partial charge in [-0.15, -0.1) is 11.3 Å². The Hall–Kier alpha value is -3.47. The van der Waals surface area contributed by atoms with Crippen molar-refractivity contribution in [3.63, 3.8) is 0 Å². The fourth-order valence-electron chi connectivity index (χ4n) is 4.66. The Bertz CT molecular complexity index is 1740. The summed E-state index contributed by atoms with van der Waals surface area (Å²) in [5.74, 6) is -2.15. The molecule has 17 heteroatoms. The zero-order valence-corrected chi connectivity index (χ0v) is 24.5. The number of carbonyl (C=O) groups is 2. The van der Waals surface area contributed by atoms with Gasteiger partial charge in [0.25, 0.3) is 5.91 Å². The molecule has 1 fully saturated rings. The molecule has 3 N–H and O–H groups in total. The molecule has 0 aliphatic heterocycles. The van der Waals surface area contributed by atoms with Gasteiger partial charge in [0, 0.05) is 29.6 Å². The van der Waals surface area contributed by atoms with E-state index in [4.69, 9.17) is 5.73 Å². The number of aryl methyl sites for hydroxylation is 2. The summed E-state index contributed by atoms with van der Waals surface area (Å²) < 4.78 is 84.7. The number of anilines is 1. The van der Waals surface area contributed by atoms with E-state index >= 15 is 0 Å². The van der Waals surface area contributed by atoms with E-state index in [-0.39, 0.29) is 42.4 Å². The molecule has 224 valence electrons.